The lowest BCUT2D eigenvalue weighted by atomic mass is 9.77. The minimum atomic E-state index is -1.49. The van der Waals surface area contributed by atoms with Crippen molar-refractivity contribution in [2.24, 2.45) is 0 Å². The number of aliphatic hydroxyl groups is 3. The third kappa shape index (κ3) is 18.8. The van der Waals surface area contributed by atoms with Crippen molar-refractivity contribution >= 4 is 29.6 Å². The molecule has 1 spiro atoms. The molecule has 4 aromatic carbocycles. The van der Waals surface area contributed by atoms with Gasteiger partial charge in [-0.1, -0.05) is 35.5 Å². The Morgan fingerprint density at radius 2 is 1.32 bits per heavy atom. The second-order valence-corrected chi connectivity index (χ2v) is 22.0. The number of unbranched alkanes of at least 4 members (excludes halogenated alkanes) is 1. The van der Waals surface area contributed by atoms with E-state index >= 15 is 0 Å². The number of aromatic hydroxyl groups is 2. The molecule has 5 atom stereocenters. The van der Waals surface area contributed by atoms with E-state index in [1.54, 1.807) is 57.3 Å². The fraction of sp³-hybridized carbons (Fsp3) is 0.516. The Morgan fingerprint density at radius 1 is 0.716 bits per heavy atom. The van der Waals surface area contributed by atoms with E-state index in [-0.39, 0.29) is 60.5 Å². The smallest absolute Gasteiger partial charge is 0.407 e. The molecule has 0 aliphatic carbocycles. The summed E-state index contributed by atoms with van der Waals surface area (Å²) in [6.07, 6.45) is -0.721. The molecule has 4 heterocycles. The van der Waals surface area contributed by atoms with Crippen molar-refractivity contribution in [2.45, 2.75) is 101 Å². The fourth-order valence-corrected chi connectivity index (χ4v) is 9.95. The Balaban J connectivity index is 0.765. The number of esters is 1. The zero-order chi connectivity index (χ0) is 62.5. The van der Waals surface area contributed by atoms with E-state index in [1.165, 1.54) is 28.9 Å². The summed E-state index contributed by atoms with van der Waals surface area (Å²) in [4.78, 5) is 52.7. The van der Waals surface area contributed by atoms with E-state index < -0.39 is 66.4 Å². The van der Waals surface area contributed by atoms with Gasteiger partial charge in [0, 0.05) is 66.0 Å². The molecule has 3 amide bonds. The van der Waals surface area contributed by atoms with E-state index in [9.17, 15) is 44.7 Å². The first-order chi connectivity index (χ1) is 42.5. The van der Waals surface area contributed by atoms with Gasteiger partial charge in [-0.2, -0.15) is 0 Å². The van der Waals surface area contributed by atoms with Crippen molar-refractivity contribution in [3.8, 4) is 34.3 Å². The zero-order valence-corrected chi connectivity index (χ0v) is 49.7. The first-order valence-corrected chi connectivity index (χ1v) is 29.5. The quantitative estimate of drug-likeness (QED) is 0.0200. The molecule has 1 aromatic heterocycles. The van der Waals surface area contributed by atoms with E-state index in [2.05, 4.69) is 26.3 Å². The van der Waals surface area contributed by atoms with Crippen LogP contribution in [-0.4, -0.2) is 200 Å². The predicted molar refractivity (Wildman–Crippen MR) is 314 cm³/mol. The lowest BCUT2D eigenvalue weighted by Gasteiger charge is -2.36. The van der Waals surface area contributed by atoms with Crippen LogP contribution in [0.2, 0.25) is 0 Å². The standard InChI is InChI=1S/C62H80N6O20/c1-61(2,3)88-60(77)64-20-23-79-25-27-81-29-31-83-33-32-82-30-28-80-26-24-78-21-18-56(74)63-19-5-4-6-50(68-38-49(66-67-68)41-9-7-40(8-10-41)17-22-84-59-52(73)37-51(72)55(39-69)86-59)57(75)65-42-11-14-46-45(34-42)58(76)87-62(46)47-15-12-43(70)35-53(47)85-54-36-44(71)13-16-48(54)62/h7-16,34-36,38,50-52,55,59,69-73H,4-6,17-33,37,39H2,1-3H3,(H,63,74)(H,64,77)(H,65,75)/t50-,51?,52?,55+,59+/m0/s1. The van der Waals surface area contributed by atoms with Crippen LogP contribution in [0.25, 0.3) is 11.3 Å². The van der Waals surface area contributed by atoms with Gasteiger partial charge in [0.1, 0.15) is 52.5 Å². The van der Waals surface area contributed by atoms with Gasteiger partial charge < -0.3 is 93.6 Å². The molecular weight excluding hydrogens is 1150 g/mol. The average Bonchev–Trinajstić information content (AvgIpc) is 1.51. The highest BCUT2D eigenvalue weighted by Gasteiger charge is 2.54. The van der Waals surface area contributed by atoms with Crippen LogP contribution in [0.5, 0.6) is 23.0 Å². The van der Waals surface area contributed by atoms with Crippen molar-refractivity contribution in [2.75, 3.05) is 111 Å². The summed E-state index contributed by atoms with van der Waals surface area (Å²) in [6, 6.07) is 20.5. The summed E-state index contributed by atoms with van der Waals surface area (Å²) in [5, 5.41) is 67.9. The molecule has 5 aromatic rings. The van der Waals surface area contributed by atoms with Crippen molar-refractivity contribution in [3.05, 3.63) is 113 Å². The number of hydrogen-bond donors (Lipinski definition) is 8. The number of hydrogen-bond acceptors (Lipinski definition) is 22. The molecule has 0 radical (unpaired) electrons. The van der Waals surface area contributed by atoms with Crippen LogP contribution in [0.4, 0.5) is 10.5 Å². The van der Waals surface area contributed by atoms with Gasteiger partial charge in [-0.25, -0.2) is 14.3 Å². The van der Waals surface area contributed by atoms with Crippen LogP contribution < -0.4 is 20.7 Å². The highest BCUT2D eigenvalue weighted by atomic mass is 16.7. The maximum atomic E-state index is 14.5. The van der Waals surface area contributed by atoms with E-state index in [0.717, 1.165) is 11.1 Å². The molecule has 1 saturated heterocycles. The van der Waals surface area contributed by atoms with Crippen molar-refractivity contribution < 1.29 is 96.8 Å². The summed E-state index contributed by atoms with van der Waals surface area (Å²) in [7, 11) is 0. The first kappa shape index (κ1) is 66.6. The lowest BCUT2D eigenvalue weighted by Crippen LogP contribution is -2.49. The molecule has 478 valence electrons. The first-order valence-electron chi connectivity index (χ1n) is 29.5. The van der Waals surface area contributed by atoms with Crippen LogP contribution in [0.1, 0.15) is 91.5 Å². The molecule has 26 heteroatoms. The van der Waals surface area contributed by atoms with Gasteiger partial charge >= 0.3 is 12.1 Å². The monoisotopic (exact) mass is 1230 g/mol. The SMILES string of the molecule is CC(C)(C)OC(=O)NCCOCCOCCOCCOCCOCCOCCC(=O)NCCCC[C@@H](C(=O)Nc1ccc2c(c1)C(=O)OC21c2ccc(O)cc2Oc2cc(O)ccc21)n1cc(-c2ccc(CCO[C@@H]3O[C@H](CO)C(O)CC3O)cc2)nn1. The lowest BCUT2D eigenvalue weighted by molar-refractivity contribution is -0.269. The molecule has 3 aliphatic heterocycles. The third-order valence-corrected chi connectivity index (χ3v) is 14.3. The molecule has 0 bridgehead atoms. The van der Waals surface area contributed by atoms with Crippen molar-refractivity contribution in [1.29, 1.82) is 0 Å². The number of aliphatic hydroxyl groups excluding tert-OH is 3. The van der Waals surface area contributed by atoms with Gasteiger partial charge in [-0.3, -0.25) is 9.59 Å². The molecule has 26 nitrogen and oxygen atoms in total. The predicted octanol–water partition coefficient (Wildman–Crippen LogP) is 4.79. The Kier molecular flexibility index (Phi) is 24.8. The van der Waals surface area contributed by atoms with Gasteiger partial charge in [-0.15, -0.1) is 5.10 Å². The summed E-state index contributed by atoms with van der Waals surface area (Å²) in [6.45, 7) is 10.2. The Bertz CT molecular complexity index is 3010. The average molecular weight is 1230 g/mol. The minimum absolute atomic E-state index is 0.0231. The summed E-state index contributed by atoms with van der Waals surface area (Å²) < 4.78 is 63.3. The topological polar surface area (TPSA) is 338 Å². The number of amides is 3. The van der Waals surface area contributed by atoms with Crippen LogP contribution in [0.15, 0.2) is 85.1 Å². The van der Waals surface area contributed by atoms with Crippen LogP contribution in [0, 0.1) is 0 Å². The van der Waals surface area contributed by atoms with Gasteiger partial charge in [-0.05, 0) is 88.4 Å². The Hall–Kier alpha value is -7.34. The van der Waals surface area contributed by atoms with Crippen molar-refractivity contribution in [3.63, 3.8) is 0 Å². The van der Waals surface area contributed by atoms with Gasteiger partial charge in [0.2, 0.25) is 11.8 Å². The largest absolute Gasteiger partial charge is 0.508 e. The molecule has 8 N–H and O–H groups in total. The van der Waals surface area contributed by atoms with Gasteiger partial charge in [0.25, 0.3) is 0 Å². The second-order valence-electron chi connectivity index (χ2n) is 22.0. The second kappa shape index (κ2) is 32.8. The number of carbonyl (C=O) groups is 4. The van der Waals surface area contributed by atoms with Crippen molar-refractivity contribution in [1.82, 2.24) is 25.6 Å². The van der Waals surface area contributed by atoms with E-state index in [0.29, 0.717) is 140 Å². The summed E-state index contributed by atoms with van der Waals surface area (Å²) >= 11 is 0. The van der Waals surface area contributed by atoms with Gasteiger partial charge in [0.05, 0.1) is 110 Å². The van der Waals surface area contributed by atoms with Crippen LogP contribution >= 0.6 is 0 Å². The number of ether oxygens (including phenoxy) is 11. The highest BCUT2D eigenvalue weighted by Crippen LogP contribution is 2.57. The van der Waals surface area contributed by atoms with E-state index in [1.807, 2.05) is 24.3 Å². The third-order valence-electron chi connectivity index (χ3n) is 14.3. The number of nitrogens with zero attached hydrogens (tertiary/aromatic N) is 3. The molecule has 2 unspecified atom stereocenters. The molecule has 3 aliphatic rings. The van der Waals surface area contributed by atoms with Crippen LogP contribution in [0.3, 0.4) is 0 Å². The molecular formula is C62H80N6O20. The number of anilines is 1. The number of phenols is 2. The Labute approximate surface area is 509 Å². The number of aromatic nitrogens is 3. The number of carbonyl (C=O) groups excluding carboxylic acids is 4. The Morgan fingerprint density at radius 3 is 1.93 bits per heavy atom. The number of phenolic OH excluding ortho intramolecular Hbond substituents is 2. The van der Waals surface area contributed by atoms with Crippen LogP contribution in [-0.2, 0) is 69.0 Å². The number of rotatable bonds is 35. The van der Waals surface area contributed by atoms with E-state index in [4.69, 9.17) is 52.1 Å². The number of fused-ring (bicyclic) bond motifs is 6. The number of nitrogens with one attached hydrogen (secondary N) is 3. The minimum Gasteiger partial charge on any atom is -0.508 e. The maximum absolute atomic E-state index is 14.5. The zero-order valence-electron chi connectivity index (χ0n) is 49.7. The highest BCUT2D eigenvalue weighted by molar-refractivity contribution is 6.00. The normalized spacial score (nSPS) is 17.7. The number of benzene rings is 4. The molecule has 8 rings (SSSR count). The molecule has 1 fully saturated rings. The maximum Gasteiger partial charge on any atom is 0.407 e. The fourth-order valence-electron chi connectivity index (χ4n) is 9.95. The summed E-state index contributed by atoms with van der Waals surface area (Å²) in [5.74, 6) is -0.998. The summed E-state index contributed by atoms with van der Waals surface area (Å²) in [5.41, 5.74) is 1.94. The molecule has 0 saturated carbocycles. The van der Waals surface area contributed by atoms with Gasteiger partial charge in [0.15, 0.2) is 11.9 Å². The number of alkyl carbamates (subject to hydrolysis) is 1. The molecule has 88 heavy (non-hydrogen) atoms.